The lowest BCUT2D eigenvalue weighted by atomic mass is 10.0. The molecular formula is C21H15ClFN3O. The number of hydrogen-bond acceptors (Lipinski definition) is 3. The summed E-state index contributed by atoms with van der Waals surface area (Å²) in [6.07, 6.45) is 0. The SMILES string of the molecule is Cc1ccc2c(N)c(-c3ccc(F)cc3)c(=O)n(-c3ccc(Cl)cc3)c2n1. The van der Waals surface area contributed by atoms with Gasteiger partial charge in [-0.05, 0) is 61.0 Å². The Kier molecular flexibility index (Phi) is 4.16. The van der Waals surface area contributed by atoms with Crippen LogP contribution in [0.4, 0.5) is 10.1 Å². The van der Waals surface area contributed by atoms with Gasteiger partial charge in [0.2, 0.25) is 0 Å². The number of nitrogens with two attached hydrogens (primary N) is 1. The zero-order valence-corrected chi connectivity index (χ0v) is 15.2. The summed E-state index contributed by atoms with van der Waals surface area (Å²) in [7, 11) is 0. The molecule has 2 aromatic heterocycles. The summed E-state index contributed by atoms with van der Waals surface area (Å²) in [5.74, 6) is -0.381. The van der Waals surface area contributed by atoms with Crippen molar-refractivity contribution in [2.24, 2.45) is 0 Å². The van der Waals surface area contributed by atoms with Gasteiger partial charge in [-0.3, -0.25) is 9.36 Å². The van der Waals surface area contributed by atoms with Crippen LogP contribution in [0.2, 0.25) is 5.02 Å². The van der Waals surface area contributed by atoms with Crippen molar-refractivity contribution in [3.63, 3.8) is 0 Å². The van der Waals surface area contributed by atoms with E-state index < -0.39 is 0 Å². The van der Waals surface area contributed by atoms with E-state index in [2.05, 4.69) is 4.98 Å². The molecule has 2 heterocycles. The van der Waals surface area contributed by atoms with Crippen LogP contribution in [0.15, 0.2) is 65.5 Å². The zero-order chi connectivity index (χ0) is 19.1. The number of anilines is 1. The molecule has 2 aromatic carbocycles. The van der Waals surface area contributed by atoms with Crippen LogP contribution < -0.4 is 11.3 Å². The van der Waals surface area contributed by atoms with Crippen LogP contribution in [-0.4, -0.2) is 9.55 Å². The Morgan fingerprint density at radius 1 is 1.00 bits per heavy atom. The summed E-state index contributed by atoms with van der Waals surface area (Å²) < 4.78 is 14.9. The molecule has 6 heteroatoms. The van der Waals surface area contributed by atoms with Gasteiger partial charge in [0.05, 0.1) is 16.9 Å². The van der Waals surface area contributed by atoms with Gasteiger partial charge >= 0.3 is 0 Å². The second kappa shape index (κ2) is 6.52. The molecular weight excluding hydrogens is 365 g/mol. The molecule has 0 aliphatic rings. The molecule has 0 fully saturated rings. The van der Waals surface area contributed by atoms with E-state index in [1.54, 1.807) is 36.4 Å². The lowest BCUT2D eigenvalue weighted by Crippen LogP contribution is -2.23. The molecule has 0 aliphatic heterocycles. The minimum atomic E-state index is -0.381. The van der Waals surface area contributed by atoms with E-state index in [0.717, 1.165) is 5.69 Å². The molecule has 2 N–H and O–H groups in total. The molecule has 0 amide bonds. The molecule has 134 valence electrons. The minimum absolute atomic E-state index is 0.308. The second-order valence-corrected chi connectivity index (χ2v) is 6.67. The number of hydrogen-bond donors (Lipinski definition) is 1. The van der Waals surface area contributed by atoms with Gasteiger partial charge in [-0.2, -0.15) is 0 Å². The van der Waals surface area contributed by atoms with E-state index in [1.807, 2.05) is 19.1 Å². The van der Waals surface area contributed by atoms with Crippen molar-refractivity contribution in [3.05, 3.63) is 87.6 Å². The Hall–Kier alpha value is -3.18. The van der Waals surface area contributed by atoms with E-state index in [0.29, 0.717) is 38.6 Å². The fourth-order valence-electron chi connectivity index (χ4n) is 3.11. The van der Waals surface area contributed by atoms with Gasteiger partial charge in [0.25, 0.3) is 5.56 Å². The lowest BCUT2D eigenvalue weighted by Gasteiger charge is -2.16. The van der Waals surface area contributed by atoms with Crippen LogP contribution in [0.25, 0.3) is 27.8 Å². The smallest absolute Gasteiger partial charge is 0.266 e. The van der Waals surface area contributed by atoms with Crippen molar-refractivity contribution in [2.45, 2.75) is 6.92 Å². The fourth-order valence-corrected chi connectivity index (χ4v) is 3.23. The van der Waals surface area contributed by atoms with Crippen molar-refractivity contribution < 1.29 is 4.39 Å². The van der Waals surface area contributed by atoms with E-state index >= 15 is 0 Å². The Balaban J connectivity index is 2.14. The van der Waals surface area contributed by atoms with Crippen LogP contribution in [0.3, 0.4) is 0 Å². The summed E-state index contributed by atoms with van der Waals surface area (Å²) >= 11 is 5.99. The van der Waals surface area contributed by atoms with Gasteiger partial charge in [0.1, 0.15) is 11.5 Å². The fraction of sp³-hybridized carbons (Fsp3) is 0.0476. The van der Waals surface area contributed by atoms with E-state index in [1.165, 1.54) is 16.7 Å². The summed E-state index contributed by atoms with van der Waals surface area (Å²) in [4.78, 5) is 17.9. The standard InChI is InChI=1S/C21H15ClFN3O/c1-12-2-11-17-19(24)18(13-3-7-15(23)8-4-13)21(27)26(20(17)25-12)16-9-5-14(22)6-10-16/h2-11H,24H2,1H3. The lowest BCUT2D eigenvalue weighted by molar-refractivity contribution is 0.628. The Morgan fingerprint density at radius 3 is 2.33 bits per heavy atom. The Morgan fingerprint density at radius 2 is 1.67 bits per heavy atom. The predicted octanol–water partition coefficient (Wildman–Crippen LogP) is 4.74. The highest BCUT2D eigenvalue weighted by molar-refractivity contribution is 6.30. The molecule has 0 spiro atoms. The first-order chi connectivity index (χ1) is 13.0. The number of aryl methyl sites for hydroxylation is 1. The number of halogens is 2. The largest absolute Gasteiger partial charge is 0.397 e. The van der Waals surface area contributed by atoms with Gasteiger partial charge in [-0.15, -0.1) is 0 Å². The molecule has 0 saturated carbocycles. The molecule has 0 unspecified atom stereocenters. The number of fused-ring (bicyclic) bond motifs is 1. The number of rotatable bonds is 2. The first-order valence-corrected chi connectivity index (χ1v) is 8.67. The third-order valence-electron chi connectivity index (χ3n) is 4.42. The first-order valence-electron chi connectivity index (χ1n) is 8.29. The van der Waals surface area contributed by atoms with Crippen LogP contribution >= 0.6 is 11.6 Å². The van der Waals surface area contributed by atoms with Crippen LogP contribution in [-0.2, 0) is 0 Å². The molecule has 0 aliphatic carbocycles. The molecule has 27 heavy (non-hydrogen) atoms. The molecule has 0 atom stereocenters. The molecule has 4 rings (SSSR count). The summed E-state index contributed by atoms with van der Waals surface area (Å²) in [6, 6.07) is 16.3. The van der Waals surface area contributed by atoms with Gasteiger partial charge < -0.3 is 5.73 Å². The quantitative estimate of drug-likeness (QED) is 0.547. The number of nitrogens with zero attached hydrogens (tertiary/aromatic N) is 2. The van der Waals surface area contributed by atoms with Crippen LogP contribution in [0, 0.1) is 12.7 Å². The Bertz CT molecular complexity index is 1220. The number of pyridine rings is 2. The summed E-state index contributed by atoms with van der Waals surface area (Å²) in [5.41, 5.74) is 9.04. The van der Waals surface area contributed by atoms with Gasteiger partial charge in [-0.25, -0.2) is 9.37 Å². The number of benzene rings is 2. The third-order valence-corrected chi connectivity index (χ3v) is 4.67. The topological polar surface area (TPSA) is 60.9 Å². The second-order valence-electron chi connectivity index (χ2n) is 6.24. The molecule has 0 radical (unpaired) electrons. The van der Waals surface area contributed by atoms with Gasteiger partial charge in [-0.1, -0.05) is 23.7 Å². The van der Waals surface area contributed by atoms with E-state index in [-0.39, 0.29) is 11.4 Å². The van der Waals surface area contributed by atoms with E-state index in [9.17, 15) is 9.18 Å². The number of nitrogen functional groups attached to an aromatic ring is 1. The summed E-state index contributed by atoms with van der Waals surface area (Å²) in [5, 5.41) is 1.21. The van der Waals surface area contributed by atoms with E-state index in [4.69, 9.17) is 17.3 Å². The van der Waals surface area contributed by atoms with Crippen LogP contribution in [0.1, 0.15) is 5.69 Å². The molecule has 0 bridgehead atoms. The van der Waals surface area contributed by atoms with Crippen molar-refractivity contribution in [2.75, 3.05) is 5.73 Å². The van der Waals surface area contributed by atoms with Crippen molar-refractivity contribution in [1.82, 2.24) is 9.55 Å². The zero-order valence-electron chi connectivity index (χ0n) is 14.4. The van der Waals surface area contributed by atoms with Crippen molar-refractivity contribution >= 4 is 28.3 Å². The van der Waals surface area contributed by atoms with Gasteiger partial charge in [0.15, 0.2) is 0 Å². The maximum atomic E-state index is 13.4. The van der Waals surface area contributed by atoms with Gasteiger partial charge in [0, 0.05) is 16.1 Å². The highest BCUT2D eigenvalue weighted by Crippen LogP contribution is 2.30. The minimum Gasteiger partial charge on any atom is -0.397 e. The first kappa shape index (κ1) is 17.2. The van der Waals surface area contributed by atoms with Crippen molar-refractivity contribution in [3.8, 4) is 16.8 Å². The predicted molar refractivity (Wildman–Crippen MR) is 107 cm³/mol. The molecule has 0 saturated heterocycles. The third kappa shape index (κ3) is 2.96. The molecule has 4 nitrogen and oxygen atoms in total. The van der Waals surface area contributed by atoms with Crippen LogP contribution in [0.5, 0.6) is 0 Å². The summed E-state index contributed by atoms with van der Waals surface area (Å²) in [6.45, 7) is 1.85. The molecule has 4 aromatic rings. The normalized spacial score (nSPS) is 11.1. The average Bonchev–Trinajstić information content (AvgIpc) is 2.65. The Labute approximate surface area is 159 Å². The highest BCUT2D eigenvalue weighted by Gasteiger charge is 2.18. The monoisotopic (exact) mass is 379 g/mol. The van der Waals surface area contributed by atoms with Crippen molar-refractivity contribution in [1.29, 1.82) is 0 Å². The maximum absolute atomic E-state index is 13.4. The highest BCUT2D eigenvalue weighted by atomic mass is 35.5. The maximum Gasteiger partial charge on any atom is 0.266 e. The average molecular weight is 380 g/mol. The number of aromatic nitrogens is 2.